The van der Waals surface area contributed by atoms with Crippen molar-refractivity contribution in [1.82, 2.24) is 4.90 Å². The van der Waals surface area contributed by atoms with E-state index in [2.05, 4.69) is 33.1 Å². The lowest BCUT2D eigenvalue weighted by molar-refractivity contribution is -0.142. The lowest BCUT2D eigenvalue weighted by atomic mass is 9.93. The summed E-state index contributed by atoms with van der Waals surface area (Å²) in [5.41, 5.74) is 11.5. The number of esters is 2. The molecule has 0 aromatic heterocycles. The second-order valence-corrected chi connectivity index (χ2v) is 14.3. The number of carbonyl (C=O) groups excluding carboxylic acids is 2. The third-order valence-electron chi connectivity index (χ3n) is 9.24. The predicted octanol–water partition coefficient (Wildman–Crippen LogP) is 9.69. The highest BCUT2D eigenvalue weighted by Gasteiger charge is 2.22. The van der Waals surface area contributed by atoms with E-state index in [1.807, 2.05) is 65.6 Å². The number of ether oxygens (including phenoxy) is 2. The standard InChI is InChI=1S/C40H45BrCl2N4O4/c1-2-46(31-13-5-3-6-14-31)27-30-24-29(25-33(41)38(30)44)40(49)51-23-21-47(32-15-7-4-8-16-32)20-22-50-37(48)26-28-12-9-10-19-36(28)45-39-34(42)17-11-18-35(39)43/h4,7-12,15-19,24-25,31,45H,2-3,5-6,13-14,20-23,26-27,44H2,1H3. The Morgan fingerprint density at radius 2 is 1.53 bits per heavy atom. The Bertz CT molecular complexity index is 1750. The number of para-hydroxylation sites is 3. The number of nitrogens with one attached hydrogen (secondary N) is 1. The topological polar surface area (TPSA) is 97.1 Å². The molecule has 0 spiro atoms. The van der Waals surface area contributed by atoms with Gasteiger partial charge in [0, 0.05) is 28.4 Å². The number of anilines is 4. The van der Waals surface area contributed by atoms with Gasteiger partial charge < -0.3 is 25.4 Å². The molecule has 4 aromatic rings. The molecule has 1 fully saturated rings. The second-order valence-electron chi connectivity index (χ2n) is 12.6. The Labute approximate surface area is 319 Å². The molecule has 1 aliphatic rings. The smallest absolute Gasteiger partial charge is 0.338 e. The van der Waals surface area contributed by atoms with Crippen molar-refractivity contribution < 1.29 is 19.1 Å². The molecule has 3 N–H and O–H groups in total. The first-order chi connectivity index (χ1) is 24.7. The molecule has 0 atom stereocenters. The van der Waals surface area contributed by atoms with Crippen LogP contribution in [-0.4, -0.2) is 55.7 Å². The van der Waals surface area contributed by atoms with Crippen LogP contribution in [0.3, 0.4) is 0 Å². The highest BCUT2D eigenvalue weighted by Crippen LogP contribution is 2.34. The summed E-state index contributed by atoms with van der Waals surface area (Å²) in [6.07, 6.45) is 6.25. The fraction of sp³-hybridized carbons (Fsp3) is 0.350. The van der Waals surface area contributed by atoms with E-state index in [1.165, 1.54) is 32.1 Å². The van der Waals surface area contributed by atoms with E-state index >= 15 is 0 Å². The van der Waals surface area contributed by atoms with Crippen LogP contribution >= 0.6 is 39.1 Å². The molecule has 1 saturated carbocycles. The van der Waals surface area contributed by atoms with Gasteiger partial charge in [0.1, 0.15) is 13.2 Å². The van der Waals surface area contributed by atoms with Gasteiger partial charge in [-0.3, -0.25) is 9.69 Å². The molecule has 0 bridgehead atoms. The zero-order valence-corrected chi connectivity index (χ0v) is 32.0. The van der Waals surface area contributed by atoms with Crippen LogP contribution in [0.2, 0.25) is 10.0 Å². The van der Waals surface area contributed by atoms with Crippen LogP contribution in [0.1, 0.15) is 60.5 Å². The van der Waals surface area contributed by atoms with Crippen LogP contribution in [0.25, 0.3) is 0 Å². The highest BCUT2D eigenvalue weighted by atomic mass is 79.9. The lowest BCUT2D eigenvalue weighted by Gasteiger charge is -2.34. The average Bonchev–Trinajstić information content (AvgIpc) is 3.14. The maximum atomic E-state index is 13.3. The van der Waals surface area contributed by atoms with Gasteiger partial charge >= 0.3 is 11.9 Å². The van der Waals surface area contributed by atoms with Gasteiger partial charge in [0.05, 0.1) is 46.5 Å². The number of nitrogens with zero attached hydrogens (tertiary/aromatic N) is 2. The van der Waals surface area contributed by atoms with Crippen LogP contribution in [-0.2, 0) is 27.2 Å². The number of rotatable bonds is 16. The van der Waals surface area contributed by atoms with Crippen molar-refractivity contribution in [3.63, 3.8) is 0 Å². The molecule has 0 aliphatic heterocycles. The quantitative estimate of drug-likeness (QED) is 0.0856. The van der Waals surface area contributed by atoms with Gasteiger partial charge in [0.15, 0.2) is 0 Å². The van der Waals surface area contributed by atoms with E-state index in [0.29, 0.717) is 62.8 Å². The molecule has 1 aliphatic carbocycles. The minimum absolute atomic E-state index is 0.0595. The first-order valence-corrected chi connectivity index (χ1v) is 19.0. The fourth-order valence-electron chi connectivity index (χ4n) is 6.45. The van der Waals surface area contributed by atoms with Crippen LogP contribution in [0.5, 0.6) is 0 Å². The first-order valence-electron chi connectivity index (χ1n) is 17.5. The summed E-state index contributed by atoms with van der Waals surface area (Å²) in [6, 6.07) is 26.6. The van der Waals surface area contributed by atoms with Gasteiger partial charge in [-0.15, -0.1) is 0 Å². The van der Waals surface area contributed by atoms with Crippen molar-refractivity contribution in [2.75, 3.05) is 48.8 Å². The Morgan fingerprint density at radius 3 is 2.24 bits per heavy atom. The zero-order valence-electron chi connectivity index (χ0n) is 28.9. The molecular formula is C40H45BrCl2N4O4. The maximum absolute atomic E-state index is 13.3. The predicted molar refractivity (Wildman–Crippen MR) is 211 cm³/mol. The Kier molecular flexibility index (Phi) is 14.5. The molecule has 270 valence electrons. The summed E-state index contributed by atoms with van der Waals surface area (Å²) in [5, 5.41) is 4.21. The molecule has 11 heteroatoms. The average molecular weight is 797 g/mol. The normalized spacial score (nSPS) is 13.2. The van der Waals surface area contributed by atoms with Crippen molar-refractivity contribution in [3.8, 4) is 0 Å². The molecule has 0 unspecified atom stereocenters. The highest BCUT2D eigenvalue weighted by molar-refractivity contribution is 9.10. The minimum atomic E-state index is -0.414. The van der Waals surface area contributed by atoms with Gasteiger partial charge in [-0.1, -0.05) is 91.9 Å². The lowest BCUT2D eigenvalue weighted by Crippen LogP contribution is -2.36. The fourth-order valence-corrected chi connectivity index (χ4v) is 7.45. The Morgan fingerprint density at radius 1 is 0.863 bits per heavy atom. The third-order valence-corrected chi connectivity index (χ3v) is 10.5. The van der Waals surface area contributed by atoms with E-state index in [9.17, 15) is 9.59 Å². The summed E-state index contributed by atoms with van der Waals surface area (Å²) < 4.78 is 12.1. The molecule has 0 heterocycles. The summed E-state index contributed by atoms with van der Waals surface area (Å²) in [6.45, 7) is 4.90. The molecule has 0 amide bonds. The zero-order chi connectivity index (χ0) is 36.2. The van der Waals surface area contributed by atoms with Gasteiger partial charge in [-0.05, 0) is 88.9 Å². The number of hydrogen-bond donors (Lipinski definition) is 2. The number of halogens is 3. The van der Waals surface area contributed by atoms with Gasteiger partial charge in [0.2, 0.25) is 0 Å². The van der Waals surface area contributed by atoms with Crippen molar-refractivity contribution in [2.24, 2.45) is 0 Å². The monoisotopic (exact) mass is 794 g/mol. The largest absolute Gasteiger partial charge is 0.464 e. The van der Waals surface area contributed by atoms with Crippen molar-refractivity contribution in [3.05, 3.63) is 116 Å². The van der Waals surface area contributed by atoms with Gasteiger partial charge in [0.25, 0.3) is 0 Å². The van der Waals surface area contributed by atoms with Crippen LogP contribution in [0.4, 0.5) is 22.7 Å². The summed E-state index contributed by atoms with van der Waals surface area (Å²) >= 11 is 16.3. The van der Waals surface area contributed by atoms with E-state index < -0.39 is 5.97 Å². The molecule has 0 saturated heterocycles. The van der Waals surface area contributed by atoms with Crippen LogP contribution in [0, 0.1) is 0 Å². The second kappa shape index (κ2) is 19.2. The number of nitrogens with two attached hydrogens (primary N) is 1. The third kappa shape index (κ3) is 10.9. The summed E-state index contributed by atoms with van der Waals surface area (Å²) in [4.78, 5) is 30.8. The molecular weight excluding hydrogens is 751 g/mol. The number of nitrogen functional groups attached to an aromatic ring is 1. The van der Waals surface area contributed by atoms with Crippen molar-refractivity contribution in [2.45, 2.75) is 58.0 Å². The van der Waals surface area contributed by atoms with E-state index in [4.69, 9.17) is 38.4 Å². The maximum Gasteiger partial charge on any atom is 0.338 e. The Balaban J connectivity index is 1.16. The van der Waals surface area contributed by atoms with E-state index in [-0.39, 0.29) is 25.6 Å². The number of carbonyl (C=O) groups is 2. The molecule has 4 aromatic carbocycles. The van der Waals surface area contributed by atoms with Crippen molar-refractivity contribution in [1.29, 1.82) is 0 Å². The Hall–Kier alpha value is -3.76. The van der Waals surface area contributed by atoms with Crippen LogP contribution in [0.15, 0.2) is 89.4 Å². The van der Waals surface area contributed by atoms with Crippen molar-refractivity contribution >= 4 is 73.8 Å². The van der Waals surface area contributed by atoms with E-state index in [1.54, 1.807) is 24.3 Å². The van der Waals surface area contributed by atoms with Gasteiger partial charge in [-0.2, -0.15) is 0 Å². The van der Waals surface area contributed by atoms with Crippen LogP contribution < -0.4 is 16.0 Å². The summed E-state index contributed by atoms with van der Waals surface area (Å²) in [5.74, 6) is -0.786. The molecule has 8 nitrogen and oxygen atoms in total. The van der Waals surface area contributed by atoms with Gasteiger partial charge in [-0.25, -0.2) is 4.79 Å². The molecule has 0 radical (unpaired) electrons. The summed E-state index contributed by atoms with van der Waals surface area (Å²) in [7, 11) is 0. The molecule has 5 rings (SSSR count). The first kappa shape index (κ1) is 38.5. The van der Waals surface area contributed by atoms with E-state index in [0.717, 1.165) is 23.4 Å². The minimum Gasteiger partial charge on any atom is -0.464 e. The molecule has 51 heavy (non-hydrogen) atoms. The number of benzene rings is 4. The number of hydrogen-bond acceptors (Lipinski definition) is 8. The SMILES string of the molecule is CCN(Cc1cc(C(=O)OCCN(CCOC(=O)Cc2ccccc2Nc2c(Cl)cccc2Cl)c2ccccc2)cc(Br)c1N)C1CCCCC1.